The summed E-state index contributed by atoms with van der Waals surface area (Å²) >= 11 is 0. The Bertz CT molecular complexity index is 232. The van der Waals surface area contributed by atoms with Crippen molar-refractivity contribution < 1.29 is 4.92 Å². The van der Waals surface area contributed by atoms with Crippen LogP contribution in [-0.2, 0) is 6.54 Å². The molecule has 0 aliphatic carbocycles. The topological polar surface area (TPSA) is 43.1 Å². The summed E-state index contributed by atoms with van der Waals surface area (Å²) in [5, 5.41) is 9.97. The summed E-state index contributed by atoms with van der Waals surface area (Å²) in [7, 11) is 0. The van der Waals surface area contributed by atoms with E-state index in [1.165, 1.54) is 0 Å². The molecule has 0 spiro atoms. The molecule has 0 aliphatic rings. The molecule has 14 heavy (non-hydrogen) atoms. The molecule has 0 fully saturated rings. The van der Waals surface area contributed by atoms with Gasteiger partial charge in [0.2, 0.25) is 6.54 Å². The first-order valence-electron chi connectivity index (χ1n) is 2.95. The van der Waals surface area contributed by atoms with Crippen molar-refractivity contribution in [3.05, 3.63) is 46.0 Å². The Morgan fingerprint density at radius 3 is 1.79 bits per heavy atom. The highest BCUT2D eigenvalue weighted by Gasteiger charge is 1.97. The molecule has 0 unspecified atom stereocenters. The lowest BCUT2D eigenvalue weighted by atomic mass is 10.2. The zero-order chi connectivity index (χ0) is 7.40. The van der Waals surface area contributed by atoms with Gasteiger partial charge in [0.1, 0.15) is 0 Å². The molecule has 0 bridgehead atoms. The Morgan fingerprint density at radius 1 is 1.00 bits per heavy atom. The first kappa shape index (κ1) is 23.5. The molecule has 0 aliphatic heterocycles. The summed E-state index contributed by atoms with van der Waals surface area (Å²) in [6.45, 7) is -0.0825. The minimum atomic E-state index is -0.338. The van der Waals surface area contributed by atoms with Gasteiger partial charge in [-0.05, 0) is 0 Å². The van der Waals surface area contributed by atoms with Gasteiger partial charge in [0, 0.05) is 10.5 Å². The second-order valence-electron chi connectivity index (χ2n) is 1.98. The number of nitrogens with zero attached hydrogens (tertiary/aromatic N) is 1. The number of hydrogen-bond donors (Lipinski definition) is 0. The van der Waals surface area contributed by atoms with Crippen LogP contribution in [0.15, 0.2) is 30.3 Å². The van der Waals surface area contributed by atoms with Crippen molar-refractivity contribution in [3.63, 3.8) is 0 Å². The van der Waals surface area contributed by atoms with Gasteiger partial charge in [-0.25, -0.2) is 0 Å². The highest BCUT2D eigenvalue weighted by molar-refractivity contribution is 5.86. The van der Waals surface area contributed by atoms with E-state index in [-0.39, 0.29) is 61.1 Å². The molecule has 1 aromatic carbocycles. The van der Waals surface area contributed by atoms with E-state index in [2.05, 4.69) is 0 Å². The molecule has 1 rings (SSSR count). The Balaban J connectivity index is -0.000000125. The zero-order valence-electron chi connectivity index (χ0n) is 6.99. The third kappa shape index (κ3) is 9.86. The van der Waals surface area contributed by atoms with Crippen molar-refractivity contribution >= 4 is 49.6 Å². The summed E-state index contributed by atoms with van der Waals surface area (Å²) in [4.78, 5) is 9.64. The Kier molecular flexibility index (Phi) is 21.5. The van der Waals surface area contributed by atoms with E-state index in [0.29, 0.717) is 0 Å². The van der Waals surface area contributed by atoms with E-state index in [1.54, 1.807) is 24.3 Å². The van der Waals surface area contributed by atoms with Crippen molar-refractivity contribution in [2.45, 2.75) is 6.54 Å². The second-order valence-corrected chi connectivity index (χ2v) is 1.98. The maximum atomic E-state index is 9.97. The van der Waals surface area contributed by atoms with Crippen molar-refractivity contribution in [1.29, 1.82) is 0 Å². The summed E-state index contributed by atoms with van der Waals surface area (Å²) < 4.78 is 0. The van der Waals surface area contributed by atoms with Gasteiger partial charge in [-0.1, -0.05) is 30.3 Å². The van der Waals surface area contributed by atoms with E-state index in [9.17, 15) is 10.1 Å². The fraction of sp³-hybridized carbons (Fsp3) is 0.143. The second kappa shape index (κ2) is 12.8. The molecule has 0 amide bonds. The SMILES string of the molecule is Cl.Cl.Cl.Cl.O=[N+]([O-])Cc1ccccc1. The average molecular weight is 283 g/mol. The number of rotatable bonds is 2. The van der Waals surface area contributed by atoms with Gasteiger partial charge in [0.15, 0.2) is 0 Å². The first-order chi connectivity index (χ1) is 4.79. The van der Waals surface area contributed by atoms with Crippen LogP contribution in [0.25, 0.3) is 0 Å². The molecule has 0 aromatic heterocycles. The van der Waals surface area contributed by atoms with E-state index in [0.717, 1.165) is 5.56 Å². The Hall–Kier alpha value is -0.220. The molecule has 7 heteroatoms. The molecular weight excluding hydrogens is 272 g/mol. The van der Waals surface area contributed by atoms with Crippen LogP contribution in [0.4, 0.5) is 0 Å². The van der Waals surface area contributed by atoms with Gasteiger partial charge in [0.25, 0.3) is 0 Å². The van der Waals surface area contributed by atoms with Crippen LogP contribution in [0, 0.1) is 10.1 Å². The van der Waals surface area contributed by atoms with E-state index in [4.69, 9.17) is 0 Å². The lowest BCUT2D eigenvalue weighted by molar-refractivity contribution is -0.496. The van der Waals surface area contributed by atoms with Crippen LogP contribution >= 0.6 is 49.6 Å². The van der Waals surface area contributed by atoms with E-state index >= 15 is 0 Å². The normalized spacial score (nSPS) is 6.57. The molecule has 3 nitrogen and oxygen atoms in total. The highest BCUT2D eigenvalue weighted by Crippen LogP contribution is 1.98. The molecule has 0 atom stereocenters. The van der Waals surface area contributed by atoms with Gasteiger partial charge in [-0.3, -0.25) is 10.1 Å². The third-order valence-corrected chi connectivity index (χ3v) is 1.15. The predicted molar refractivity (Wildman–Crippen MR) is 66.1 cm³/mol. The molecule has 1 aromatic rings. The maximum Gasteiger partial charge on any atom is 0.228 e. The van der Waals surface area contributed by atoms with Gasteiger partial charge in [-0.15, -0.1) is 49.6 Å². The van der Waals surface area contributed by atoms with Gasteiger partial charge >= 0.3 is 0 Å². The zero-order valence-corrected chi connectivity index (χ0v) is 10.3. The van der Waals surface area contributed by atoms with Gasteiger partial charge < -0.3 is 0 Å². The molecule has 0 saturated heterocycles. The molecule has 0 heterocycles. The maximum absolute atomic E-state index is 9.97. The third-order valence-electron chi connectivity index (χ3n) is 1.15. The number of halogens is 4. The van der Waals surface area contributed by atoms with Gasteiger partial charge in [-0.2, -0.15) is 0 Å². The Labute approximate surface area is 107 Å². The van der Waals surface area contributed by atoms with Crippen LogP contribution in [0.1, 0.15) is 5.56 Å². The van der Waals surface area contributed by atoms with Crippen LogP contribution in [0.3, 0.4) is 0 Å². The van der Waals surface area contributed by atoms with E-state index in [1.807, 2.05) is 6.07 Å². The van der Waals surface area contributed by atoms with Crippen molar-refractivity contribution in [3.8, 4) is 0 Å². The molecule has 0 saturated carbocycles. The number of nitro groups is 1. The molecule has 0 radical (unpaired) electrons. The quantitative estimate of drug-likeness (QED) is 0.618. The number of hydrogen-bond acceptors (Lipinski definition) is 2. The largest absolute Gasteiger partial charge is 0.264 e. The smallest absolute Gasteiger partial charge is 0.228 e. The number of benzene rings is 1. The fourth-order valence-corrected chi connectivity index (χ4v) is 0.732. The Morgan fingerprint density at radius 2 is 1.43 bits per heavy atom. The van der Waals surface area contributed by atoms with Crippen molar-refractivity contribution in [1.82, 2.24) is 0 Å². The standard InChI is InChI=1S/C7H7NO2.4ClH/c9-8(10)6-7-4-2-1-3-5-7;;;;/h1-5H,6H2;4*1H. The highest BCUT2D eigenvalue weighted by atomic mass is 35.5. The van der Waals surface area contributed by atoms with Crippen LogP contribution in [-0.4, -0.2) is 4.92 Å². The first-order valence-corrected chi connectivity index (χ1v) is 2.95. The van der Waals surface area contributed by atoms with Crippen LogP contribution in [0.5, 0.6) is 0 Å². The molecular formula is C7H11Cl4NO2. The summed E-state index contributed by atoms with van der Waals surface area (Å²) in [6.07, 6.45) is 0. The molecule has 84 valence electrons. The minimum absolute atomic E-state index is 0. The van der Waals surface area contributed by atoms with Crippen molar-refractivity contribution in [2.24, 2.45) is 0 Å². The monoisotopic (exact) mass is 281 g/mol. The predicted octanol–water partition coefficient (Wildman–Crippen LogP) is 3.15. The fourth-order valence-electron chi connectivity index (χ4n) is 0.732. The average Bonchev–Trinajstić information content (AvgIpc) is 1.88. The van der Waals surface area contributed by atoms with Crippen molar-refractivity contribution in [2.75, 3.05) is 0 Å². The van der Waals surface area contributed by atoms with Gasteiger partial charge in [0.05, 0.1) is 0 Å². The van der Waals surface area contributed by atoms with Crippen LogP contribution in [0.2, 0.25) is 0 Å². The minimum Gasteiger partial charge on any atom is -0.264 e. The van der Waals surface area contributed by atoms with E-state index < -0.39 is 0 Å². The summed E-state index contributed by atoms with van der Waals surface area (Å²) in [5.41, 5.74) is 0.743. The van der Waals surface area contributed by atoms with Crippen LogP contribution < -0.4 is 0 Å². The molecule has 0 N–H and O–H groups in total. The lowest BCUT2D eigenvalue weighted by Gasteiger charge is -1.90. The summed E-state index contributed by atoms with van der Waals surface area (Å²) in [5.74, 6) is 0. The summed E-state index contributed by atoms with van der Waals surface area (Å²) in [6, 6.07) is 8.90. The lowest BCUT2D eigenvalue weighted by Crippen LogP contribution is -1.96.